The van der Waals surface area contributed by atoms with Gasteiger partial charge in [0.2, 0.25) is 0 Å². The summed E-state index contributed by atoms with van der Waals surface area (Å²) in [7, 11) is 0. The highest BCUT2D eigenvalue weighted by molar-refractivity contribution is 4.89. The Balaban J connectivity index is 1.57. The molecule has 2 rings (SSSR count). The van der Waals surface area contributed by atoms with Crippen molar-refractivity contribution < 1.29 is 0 Å². The van der Waals surface area contributed by atoms with Crippen molar-refractivity contribution >= 4 is 0 Å². The Morgan fingerprint density at radius 1 is 1.17 bits per heavy atom. The number of nitrogens with one attached hydrogen (secondary N) is 1. The van der Waals surface area contributed by atoms with Crippen molar-refractivity contribution in [2.75, 3.05) is 39.3 Å². The van der Waals surface area contributed by atoms with Crippen LogP contribution in [0.5, 0.6) is 0 Å². The van der Waals surface area contributed by atoms with Crippen molar-refractivity contribution in [3.8, 4) is 0 Å². The SMILES string of the molecule is CCN(CC)CCCNC1CCN2CCCC2C1. The van der Waals surface area contributed by atoms with E-state index in [1.807, 2.05) is 0 Å². The molecular weight excluding hydrogens is 222 g/mol. The van der Waals surface area contributed by atoms with E-state index in [2.05, 4.69) is 29.0 Å². The molecule has 2 fully saturated rings. The van der Waals surface area contributed by atoms with Gasteiger partial charge in [0.15, 0.2) is 0 Å². The van der Waals surface area contributed by atoms with E-state index in [-0.39, 0.29) is 0 Å². The third-order valence-electron chi connectivity index (χ3n) is 4.80. The van der Waals surface area contributed by atoms with E-state index in [4.69, 9.17) is 0 Å². The zero-order valence-electron chi connectivity index (χ0n) is 12.3. The summed E-state index contributed by atoms with van der Waals surface area (Å²) < 4.78 is 0. The molecule has 0 bridgehead atoms. The van der Waals surface area contributed by atoms with Crippen molar-refractivity contribution in [1.29, 1.82) is 0 Å². The molecule has 106 valence electrons. The van der Waals surface area contributed by atoms with Gasteiger partial charge in [-0.25, -0.2) is 0 Å². The minimum absolute atomic E-state index is 0.793. The van der Waals surface area contributed by atoms with Crippen LogP contribution < -0.4 is 5.32 Å². The average Bonchev–Trinajstić information content (AvgIpc) is 2.86. The van der Waals surface area contributed by atoms with Crippen LogP contribution in [0.2, 0.25) is 0 Å². The van der Waals surface area contributed by atoms with Crippen LogP contribution in [0.15, 0.2) is 0 Å². The molecule has 0 radical (unpaired) electrons. The molecule has 18 heavy (non-hydrogen) atoms. The van der Waals surface area contributed by atoms with Crippen LogP contribution >= 0.6 is 0 Å². The van der Waals surface area contributed by atoms with E-state index in [9.17, 15) is 0 Å². The van der Waals surface area contributed by atoms with E-state index < -0.39 is 0 Å². The Hall–Kier alpha value is -0.120. The monoisotopic (exact) mass is 253 g/mol. The molecule has 2 atom stereocenters. The van der Waals surface area contributed by atoms with Gasteiger partial charge in [-0.1, -0.05) is 13.8 Å². The molecule has 2 unspecified atom stereocenters. The predicted octanol–water partition coefficient (Wildman–Crippen LogP) is 1.93. The van der Waals surface area contributed by atoms with Gasteiger partial charge in [0.1, 0.15) is 0 Å². The van der Waals surface area contributed by atoms with Gasteiger partial charge in [-0.05, 0) is 71.4 Å². The van der Waals surface area contributed by atoms with Crippen LogP contribution in [0.25, 0.3) is 0 Å². The summed E-state index contributed by atoms with van der Waals surface area (Å²) in [6.07, 6.45) is 6.93. The van der Waals surface area contributed by atoms with Gasteiger partial charge in [0, 0.05) is 12.1 Å². The number of rotatable bonds is 7. The van der Waals surface area contributed by atoms with Gasteiger partial charge in [0.05, 0.1) is 0 Å². The summed E-state index contributed by atoms with van der Waals surface area (Å²) in [5.41, 5.74) is 0. The first-order valence-electron chi connectivity index (χ1n) is 8.03. The van der Waals surface area contributed by atoms with E-state index >= 15 is 0 Å². The van der Waals surface area contributed by atoms with Crippen molar-refractivity contribution in [2.45, 2.75) is 58.0 Å². The maximum atomic E-state index is 3.78. The second kappa shape index (κ2) is 7.46. The summed E-state index contributed by atoms with van der Waals surface area (Å²) in [5, 5.41) is 3.78. The van der Waals surface area contributed by atoms with Crippen molar-refractivity contribution in [3.05, 3.63) is 0 Å². The molecule has 2 aliphatic rings. The Kier molecular flexibility index (Phi) is 5.93. The summed E-state index contributed by atoms with van der Waals surface area (Å²) in [4.78, 5) is 5.22. The first-order chi connectivity index (χ1) is 8.83. The van der Waals surface area contributed by atoms with Crippen LogP contribution in [0.4, 0.5) is 0 Å². The maximum absolute atomic E-state index is 3.78. The summed E-state index contributed by atoms with van der Waals surface area (Å²) in [6.45, 7) is 12.0. The lowest BCUT2D eigenvalue weighted by molar-refractivity contribution is 0.166. The van der Waals surface area contributed by atoms with Crippen LogP contribution in [-0.2, 0) is 0 Å². The largest absolute Gasteiger partial charge is 0.314 e. The molecule has 0 spiro atoms. The third-order valence-corrected chi connectivity index (χ3v) is 4.80. The van der Waals surface area contributed by atoms with Crippen molar-refractivity contribution in [2.24, 2.45) is 0 Å². The fourth-order valence-corrected chi connectivity index (χ4v) is 3.56. The summed E-state index contributed by atoms with van der Waals surface area (Å²) >= 11 is 0. The van der Waals surface area contributed by atoms with Gasteiger partial charge in [-0.2, -0.15) is 0 Å². The van der Waals surface area contributed by atoms with Crippen LogP contribution in [-0.4, -0.2) is 61.2 Å². The molecule has 0 aromatic heterocycles. The molecule has 0 aromatic carbocycles. The van der Waals surface area contributed by atoms with Crippen LogP contribution in [0.1, 0.15) is 46.0 Å². The number of fused-ring (bicyclic) bond motifs is 1. The average molecular weight is 253 g/mol. The number of piperidine rings is 1. The fraction of sp³-hybridized carbons (Fsp3) is 1.00. The molecule has 3 nitrogen and oxygen atoms in total. The topological polar surface area (TPSA) is 18.5 Å². The summed E-state index contributed by atoms with van der Waals surface area (Å²) in [5.74, 6) is 0. The van der Waals surface area contributed by atoms with Gasteiger partial charge in [0.25, 0.3) is 0 Å². The third kappa shape index (κ3) is 3.94. The first-order valence-corrected chi connectivity index (χ1v) is 8.03. The highest BCUT2D eigenvalue weighted by Gasteiger charge is 2.31. The molecule has 1 N–H and O–H groups in total. The fourth-order valence-electron chi connectivity index (χ4n) is 3.56. The molecule has 2 heterocycles. The molecule has 0 saturated carbocycles. The minimum atomic E-state index is 0.793. The second-order valence-corrected chi connectivity index (χ2v) is 5.89. The molecule has 2 aliphatic heterocycles. The standard InChI is InChI=1S/C15H31N3/c1-3-17(4-2)10-6-9-16-14-8-12-18-11-5-7-15(18)13-14/h14-16H,3-13H2,1-2H3. The Morgan fingerprint density at radius 2 is 2.00 bits per heavy atom. The lowest BCUT2D eigenvalue weighted by Crippen LogP contribution is -2.46. The zero-order chi connectivity index (χ0) is 12.8. The van der Waals surface area contributed by atoms with Crippen LogP contribution in [0, 0.1) is 0 Å². The van der Waals surface area contributed by atoms with Crippen molar-refractivity contribution in [1.82, 2.24) is 15.1 Å². The molecule has 0 aliphatic carbocycles. The minimum Gasteiger partial charge on any atom is -0.314 e. The second-order valence-electron chi connectivity index (χ2n) is 5.89. The Labute approximate surface area is 113 Å². The molecule has 0 amide bonds. The maximum Gasteiger partial charge on any atom is 0.0111 e. The smallest absolute Gasteiger partial charge is 0.0111 e. The quantitative estimate of drug-likeness (QED) is 0.700. The lowest BCUT2D eigenvalue weighted by Gasteiger charge is -2.35. The van der Waals surface area contributed by atoms with Gasteiger partial charge in [-0.3, -0.25) is 0 Å². The first kappa shape index (κ1) is 14.3. The molecule has 3 heteroatoms. The summed E-state index contributed by atoms with van der Waals surface area (Å²) in [6, 6.07) is 1.69. The van der Waals surface area contributed by atoms with Crippen molar-refractivity contribution in [3.63, 3.8) is 0 Å². The normalized spacial score (nSPS) is 28.8. The number of nitrogens with zero attached hydrogens (tertiary/aromatic N) is 2. The molecular formula is C15H31N3. The predicted molar refractivity (Wildman–Crippen MR) is 78.0 cm³/mol. The number of hydrogen-bond donors (Lipinski definition) is 1. The van der Waals surface area contributed by atoms with Gasteiger partial charge < -0.3 is 15.1 Å². The van der Waals surface area contributed by atoms with Gasteiger partial charge in [-0.15, -0.1) is 0 Å². The molecule has 0 aromatic rings. The van der Waals surface area contributed by atoms with E-state index in [0.29, 0.717) is 0 Å². The number of hydrogen-bond acceptors (Lipinski definition) is 3. The zero-order valence-corrected chi connectivity index (χ0v) is 12.3. The van der Waals surface area contributed by atoms with Crippen LogP contribution in [0.3, 0.4) is 0 Å². The Bertz CT molecular complexity index is 228. The van der Waals surface area contributed by atoms with E-state index in [1.54, 1.807) is 0 Å². The lowest BCUT2D eigenvalue weighted by atomic mass is 9.97. The van der Waals surface area contributed by atoms with E-state index in [1.165, 1.54) is 71.4 Å². The van der Waals surface area contributed by atoms with Gasteiger partial charge >= 0.3 is 0 Å². The highest BCUT2D eigenvalue weighted by atomic mass is 15.2. The Morgan fingerprint density at radius 3 is 2.78 bits per heavy atom. The molecule has 2 saturated heterocycles. The van der Waals surface area contributed by atoms with E-state index in [0.717, 1.165) is 12.1 Å². The highest BCUT2D eigenvalue weighted by Crippen LogP contribution is 2.26.